The van der Waals surface area contributed by atoms with Crippen LogP contribution in [0.3, 0.4) is 0 Å². The molecule has 0 aromatic heterocycles. The molecule has 0 bridgehead atoms. The number of phosphoric ester groups is 1. The maximum atomic E-state index is 12.2. The van der Waals surface area contributed by atoms with Crippen molar-refractivity contribution < 1.29 is 37.9 Å². The molecule has 0 saturated carbocycles. The number of ether oxygens (including phenoxy) is 2. The van der Waals surface area contributed by atoms with E-state index in [1.165, 1.54) is 19.3 Å². The second-order valence-corrected chi connectivity index (χ2v) is 11.3. The molecule has 1 atom stereocenters. The molecule has 0 unspecified atom stereocenters. The summed E-state index contributed by atoms with van der Waals surface area (Å²) >= 11 is 0. The summed E-state index contributed by atoms with van der Waals surface area (Å²) < 4.78 is 26.0. The predicted molar refractivity (Wildman–Crippen MR) is 161 cm³/mol. The number of esters is 2. The maximum absolute atomic E-state index is 12.2. The molecule has 40 heavy (non-hydrogen) atoms. The van der Waals surface area contributed by atoms with Gasteiger partial charge in [-0.15, -0.1) is 0 Å². The van der Waals surface area contributed by atoms with E-state index in [0.717, 1.165) is 70.6 Å². The van der Waals surface area contributed by atoms with Gasteiger partial charge in [-0.25, -0.2) is 4.57 Å². The number of hydrogen-bond acceptors (Lipinski definition) is 6. The average molecular weight is 587 g/mol. The van der Waals surface area contributed by atoms with Crippen molar-refractivity contribution in [2.75, 3.05) is 13.2 Å². The minimum Gasteiger partial charge on any atom is -0.462 e. The Balaban J connectivity index is 4.04. The van der Waals surface area contributed by atoms with Crippen molar-refractivity contribution in [3.63, 3.8) is 0 Å². The minimum atomic E-state index is -4.74. The molecule has 0 radical (unpaired) electrons. The van der Waals surface area contributed by atoms with Crippen LogP contribution in [0.1, 0.15) is 129 Å². The molecular weight excluding hydrogens is 531 g/mol. The highest BCUT2D eigenvalue weighted by Gasteiger charge is 2.22. The monoisotopic (exact) mass is 586 g/mol. The number of hydrogen-bond donors (Lipinski definition) is 2. The van der Waals surface area contributed by atoms with Crippen molar-refractivity contribution in [3.8, 4) is 0 Å². The first-order chi connectivity index (χ1) is 19.3. The Labute approximate surface area is 242 Å². The summed E-state index contributed by atoms with van der Waals surface area (Å²) in [5.41, 5.74) is 0. The number of allylic oxidation sites excluding steroid dienone is 6. The molecule has 0 amide bonds. The number of carbonyl (C=O) groups excluding carboxylic acids is 2. The second-order valence-electron chi connectivity index (χ2n) is 10.1. The van der Waals surface area contributed by atoms with Gasteiger partial charge in [-0.1, -0.05) is 108 Å². The molecule has 0 spiro atoms. The van der Waals surface area contributed by atoms with Crippen molar-refractivity contribution in [1.82, 2.24) is 0 Å². The van der Waals surface area contributed by atoms with Crippen molar-refractivity contribution in [2.24, 2.45) is 0 Å². The number of carbonyl (C=O) groups is 2. The Morgan fingerprint density at radius 1 is 0.675 bits per heavy atom. The van der Waals surface area contributed by atoms with E-state index in [2.05, 4.69) is 54.8 Å². The van der Waals surface area contributed by atoms with Crippen molar-refractivity contribution >= 4 is 19.8 Å². The van der Waals surface area contributed by atoms with Crippen LogP contribution in [-0.2, 0) is 28.2 Å². The largest absolute Gasteiger partial charge is 0.469 e. The molecule has 0 aromatic carbocycles. The molecule has 2 N–H and O–H groups in total. The smallest absolute Gasteiger partial charge is 0.462 e. The summed E-state index contributed by atoms with van der Waals surface area (Å²) in [5, 5.41) is 0. The van der Waals surface area contributed by atoms with E-state index >= 15 is 0 Å². The van der Waals surface area contributed by atoms with Crippen molar-refractivity contribution in [2.45, 2.75) is 136 Å². The maximum Gasteiger partial charge on any atom is 0.469 e. The van der Waals surface area contributed by atoms with Crippen LogP contribution in [0.5, 0.6) is 0 Å². The molecule has 232 valence electrons. The molecule has 0 fully saturated rings. The number of phosphoric acid groups is 1. The van der Waals surface area contributed by atoms with Crippen LogP contribution in [0.15, 0.2) is 36.5 Å². The van der Waals surface area contributed by atoms with Crippen molar-refractivity contribution in [1.29, 1.82) is 0 Å². The summed E-state index contributed by atoms with van der Waals surface area (Å²) in [6, 6.07) is 0. The first-order valence-corrected chi connectivity index (χ1v) is 16.8. The first kappa shape index (κ1) is 38.3. The van der Waals surface area contributed by atoms with Crippen LogP contribution in [0.2, 0.25) is 0 Å². The molecular formula is C31H55O8P. The zero-order valence-corrected chi connectivity index (χ0v) is 25.9. The quantitative estimate of drug-likeness (QED) is 0.0427. The Kier molecular flexibility index (Phi) is 26.3. The fourth-order valence-corrected chi connectivity index (χ4v) is 4.27. The highest BCUT2D eigenvalue weighted by molar-refractivity contribution is 7.46. The topological polar surface area (TPSA) is 119 Å². The van der Waals surface area contributed by atoms with Gasteiger partial charge in [-0.05, 0) is 44.9 Å². The zero-order valence-electron chi connectivity index (χ0n) is 25.0. The van der Waals surface area contributed by atoms with Crippen LogP contribution < -0.4 is 0 Å². The third-order valence-corrected chi connectivity index (χ3v) is 6.66. The van der Waals surface area contributed by atoms with Gasteiger partial charge < -0.3 is 19.3 Å². The molecule has 0 rings (SSSR count). The first-order valence-electron chi connectivity index (χ1n) is 15.3. The van der Waals surface area contributed by atoms with Crippen LogP contribution >= 0.6 is 7.82 Å². The van der Waals surface area contributed by atoms with Gasteiger partial charge in [0, 0.05) is 12.8 Å². The van der Waals surface area contributed by atoms with Gasteiger partial charge >= 0.3 is 19.8 Å². The molecule has 8 nitrogen and oxygen atoms in total. The van der Waals surface area contributed by atoms with E-state index in [9.17, 15) is 14.2 Å². The van der Waals surface area contributed by atoms with Gasteiger partial charge in [0.15, 0.2) is 6.10 Å². The Bertz CT molecular complexity index is 756. The predicted octanol–water partition coefficient (Wildman–Crippen LogP) is 8.28. The average Bonchev–Trinajstić information content (AvgIpc) is 2.91. The van der Waals surface area contributed by atoms with Crippen LogP contribution in [0, 0.1) is 0 Å². The van der Waals surface area contributed by atoms with Crippen LogP contribution in [0.4, 0.5) is 0 Å². The molecule has 0 aliphatic heterocycles. The number of unbranched alkanes of at least 4 members (excludes halogenated alkanes) is 11. The molecule has 0 aliphatic rings. The fraction of sp³-hybridized carbons (Fsp3) is 0.742. The SMILES string of the molecule is CC/C=C/C/C=C/C/C=C/CCCCCCCC(=O)OC[C@H](COP(=O)(O)O)OC(=O)CCCCCCCCC. The van der Waals surface area contributed by atoms with Gasteiger partial charge in [0.25, 0.3) is 0 Å². The van der Waals surface area contributed by atoms with Gasteiger partial charge in [0.05, 0.1) is 6.61 Å². The standard InChI is InChI=1S/C31H55O8P/c1-3-5-7-9-11-12-13-14-15-16-17-18-20-21-23-25-30(32)37-27-29(28-38-40(34,35)36)39-31(33)26-24-22-19-10-8-6-4-2/h5,7,11-12,14-15,29H,3-4,6,8-10,13,16-28H2,1-2H3,(H2,34,35,36)/b7-5+,12-11+,15-14+/t29-/m1/s1. The fourth-order valence-electron chi connectivity index (χ4n) is 3.91. The minimum absolute atomic E-state index is 0.206. The summed E-state index contributed by atoms with van der Waals surface area (Å²) in [4.78, 5) is 42.2. The molecule has 9 heteroatoms. The Hall–Kier alpha value is -1.73. The lowest BCUT2D eigenvalue weighted by Gasteiger charge is -2.18. The lowest BCUT2D eigenvalue weighted by molar-refractivity contribution is -0.161. The van der Waals surface area contributed by atoms with Crippen molar-refractivity contribution in [3.05, 3.63) is 36.5 Å². The van der Waals surface area contributed by atoms with Gasteiger partial charge in [-0.3, -0.25) is 14.1 Å². The van der Waals surface area contributed by atoms with E-state index in [-0.39, 0.29) is 19.4 Å². The third kappa shape index (κ3) is 29.3. The van der Waals surface area contributed by atoms with Crippen LogP contribution in [0.25, 0.3) is 0 Å². The van der Waals surface area contributed by atoms with E-state index in [4.69, 9.17) is 19.3 Å². The van der Waals surface area contributed by atoms with Crippen LogP contribution in [-0.4, -0.2) is 41.0 Å². The zero-order chi connectivity index (χ0) is 29.7. The molecule has 0 aromatic rings. The van der Waals surface area contributed by atoms with E-state index in [1.54, 1.807) is 0 Å². The summed E-state index contributed by atoms with van der Waals surface area (Å²) in [6.07, 6.45) is 28.9. The van der Waals surface area contributed by atoms with Gasteiger partial charge in [0.1, 0.15) is 6.61 Å². The highest BCUT2D eigenvalue weighted by Crippen LogP contribution is 2.35. The van der Waals surface area contributed by atoms with E-state index < -0.39 is 32.5 Å². The lowest BCUT2D eigenvalue weighted by atomic mass is 10.1. The second kappa shape index (κ2) is 27.4. The normalized spacial score (nSPS) is 13.0. The van der Waals surface area contributed by atoms with E-state index in [0.29, 0.717) is 12.8 Å². The molecule has 0 aliphatic carbocycles. The summed E-state index contributed by atoms with van der Waals surface area (Å²) in [7, 11) is -4.74. The molecule has 0 heterocycles. The Morgan fingerprint density at radius 3 is 1.80 bits per heavy atom. The lowest BCUT2D eigenvalue weighted by Crippen LogP contribution is -2.29. The number of rotatable bonds is 27. The summed E-state index contributed by atoms with van der Waals surface area (Å²) in [6.45, 7) is 3.46. The Morgan fingerprint density at radius 2 is 1.20 bits per heavy atom. The summed E-state index contributed by atoms with van der Waals surface area (Å²) in [5.74, 6) is -0.916. The molecule has 0 saturated heterocycles. The highest BCUT2D eigenvalue weighted by atomic mass is 31.2. The van der Waals surface area contributed by atoms with Gasteiger partial charge in [-0.2, -0.15) is 0 Å². The third-order valence-electron chi connectivity index (χ3n) is 6.17. The van der Waals surface area contributed by atoms with Gasteiger partial charge in [0.2, 0.25) is 0 Å². The van der Waals surface area contributed by atoms with E-state index in [1.807, 2.05) is 0 Å².